The lowest BCUT2D eigenvalue weighted by Gasteiger charge is -2.07. The molecule has 0 aliphatic heterocycles. The fourth-order valence-corrected chi connectivity index (χ4v) is 2.41. The average Bonchev–Trinajstić information content (AvgIpc) is 2.42. The van der Waals surface area contributed by atoms with Crippen molar-refractivity contribution in [2.75, 3.05) is 39.7 Å². The van der Waals surface area contributed by atoms with Crippen LogP contribution in [0.25, 0.3) is 0 Å². The summed E-state index contributed by atoms with van der Waals surface area (Å²) in [6.07, 6.45) is 0.931. The summed E-state index contributed by atoms with van der Waals surface area (Å²) in [5.41, 5.74) is 0.954. The summed E-state index contributed by atoms with van der Waals surface area (Å²) in [4.78, 5) is 0.705. The third-order valence-electron chi connectivity index (χ3n) is 2.56. The second kappa shape index (κ2) is 10.2. The Labute approximate surface area is 118 Å². The van der Waals surface area contributed by atoms with Crippen LogP contribution in [-0.4, -0.2) is 39.7 Å². The van der Waals surface area contributed by atoms with Crippen LogP contribution in [-0.2, 0) is 16.0 Å². The predicted molar refractivity (Wildman–Crippen MR) is 77.2 cm³/mol. The number of halogens is 1. The van der Waals surface area contributed by atoms with E-state index in [-0.39, 0.29) is 5.82 Å². The number of hydrogen-bond acceptors (Lipinski definition) is 4. The Hall–Kier alpha value is -0.620. The van der Waals surface area contributed by atoms with Crippen molar-refractivity contribution in [1.29, 1.82) is 0 Å². The zero-order valence-corrected chi connectivity index (χ0v) is 12.4. The standard InChI is InChI=1S/C14H22FNO2S/c1-17-7-3-9-19-14-5-4-12(10-13(14)15)11-16-6-8-18-2/h4-5,10,16H,3,6-9,11H2,1-2H3. The molecule has 1 aromatic rings. The minimum atomic E-state index is -0.145. The summed E-state index contributed by atoms with van der Waals surface area (Å²) < 4.78 is 23.7. The van der Waals surface area contributed by atoms with Gasteiger partial charge in [0, 0.05) is 44.6 Å². The molecule has 1 rings (SSSR count). The normalized spacial score (nSPS) is 10.9. The highest BCUT2D eigenvalue weighted by atomic mass is 32.2. The first-order chi connectivity index (χ1) is 9.27. The molecule has 0 saturated carbocycles. The van der Waals surface area contributed by atoms with E-state index in [0.717, 1.165) is 30.9 Å². The van der Waals surface area contributed by atoms with Crippen LogP contribution in [0.15, 0.2) is 23.1 Å². The zero-order valence-electron chi connectivity index (χ0n) is 11.6. The molecule has 1 N–H and O–H groups in total. The Morgan fingerprint density at radius 3 is 2.68 bits per heavy atom. The first-order valence-electron chi connectivity index (χ1n) is 6.37. The van der Waals surface area contributed by atoms with Crippen molar-refractivity contribution < 1.29 is 13.9 Å². The second-order valence-corrected chi connectivity index (χ2v) is 5.27. The molecule has 0 atom stereocenters. The van der Waals surface area contributed by atoms with Crippen LogP contribution in [0.1, 0.15) is 12.0 Å². The van der Waals surface area contributed by atoms with Gasteiger partial charge < -0.3 is 14.8 Å². The molecule has 0 radical (unpaired) electrons. The van der Waals surface area contributed by atoms with Crippen LogP contribution >= 0.6 is 11.8 Å². The topological polar surface area (TPSA) is 30.5 Å². The van der Waals surface area contributed by atoms with E-state index in [1.165, 1.54) is 11.8 Å². The Morgan fingerprint density at radius 2 is 2.00 bits per heavy atom. The highest BCUT2D eigenvalue weighted by Gasteiger charge is 2.04. The first-order valence-corrected chi connectivity index (χ1v) is 7.36. The summed E-state index contributed by atoms with van der Waals surface area (Å²) in [6, 6.07) is 5.40. The van der Waals surface area contributed by atoms with E-state index >= 15 is 0 Å². The van der Waals surface area contributed by atoms with Gasteiger partial charge in [-0.15, -0.1) is 11.8 Å². The third kappa shape index (κ3) is 6.92. The number of rotatable bonds is 10. The fraction of sp³-hybridized carbons (Fsp3) is 0.571. The molecule has 0 saturated heterocycles. The molecule has 0 bridgehead atoms. The third-order valence-corrected chi connectivity index (χ3v) is 3.69. The van der Waals surface area contributed by atoms with E-state index in [4.69, 9.17) is 9.47 Å². The molecular formula is C14H22FNO2S. The van der Waals surface area contributed by atoms with E-state index in [1.54, 1.807) is 20.3 Å². The molecule has 0 heterocycles. The lowest BCUT2D eigenvalue weighted by atomic mass is 10.2. The van der Waals surface area contributed by atoms with Gasteiger partial charge in [0.2, 0.25) is 0 Å². The SMILES string of the molecule is COCCCSc1ccc(CNCCOC)cc1F. The number of ether oxygens (including phenoxy) is 2. The van der Waals surface area contributed by atoms with Crippen LogP contribution in [0.5, 0.6) is 0 Å². The van der Waals surface area contributed by atoms with Gasteiger partial charge in [0.1, 0.15) is 5.82 Å². The zero-order chi connectivity index (χ0) is 13.9. The number of benzene rings is 1. The summed E-state index contributed by atoms with van der Waals surface area (Å²) in [6.45, 7) is 2.81. The molecule has 1 aromatic carbocycles. The molecule has 0 aliphatic carbocycles. The number of hydrogen-bond donors (Lipinski definition) is 1. The van der Waals surface area contributed by atoms with Gasteiger partial charge in [-0.1, -0.05) is 6.07 Å². The van der Waals surface area contributed by atoms with Crippen LogP contribution in [0.2, 0.25) is 0 Å². The minimum Gasteiger partial charge on any atom is -0.385 e. The van der Waals surface area contributed by atoms with Gasteiger partial charge in [-0.3, -0.25) is 0 Å². The van der Waals surface area contributed by atoms with Crippen molar-refractivity contribution in [2.45, 2.75) is 17.9 Å². The van der Waals surface area contributed by atoms with E-state index in [1.807, 2.05) is 12.1 Å². The van der Waals surface area contributed by atoms with Crippen LogP contribution in [0, 0.1) is 5.82 Å². The van der Waals surface area contributed by atoms with E-state index in [2.05, 4.69) is 5.32 Å². The van der Waals surface area contributed by atoms with Gasteiger partial charge in [-0.25, -0.2) is 4.39 Å². The van der Waals surface area contributed by atoms with Gasteiger partial charge in [0.05, 0.1) is 6.61 Å². The highest BCUT2D eigenvalue weighted by Crippen LogP contribution is 2.23. The van der Waals surface area contributed by atoms with Crippen LogP contribution in [0.4, 0.5) is 4.39 Å². The molecular weight excluding hydrogens is 265 g/mol. The average molecular weight is 287 g/mol. The maximum atomic E-state index is 13.8. The Bertz CT molecular complexity index is 363. The number of methoxy groups -OCH3 is 2. The van der Waals surface area contributed by atoms with Crippen molar-refractivity contribution >= 4 is 11.8 Å². The molecule has 0 unspecified atom stereocenters. The smallest absolute Gasteiger partial charge is 0.137 e. The molecule has 0 aliphatic rings. The lowest BCUT2D eigenvalue weighted by molar-refractivity contribution is 0.199. The van der Waals surface area contributed by atoms with E-state index in [9.17, 15) is 4.39 Å². The quantitative estimate of drug-likeness (QED) is 0.529. The molecule has 0 spiro atoms. The van der Waals surface area contributed by atoms with Gasteiger partial charge in [0.25, 0.3) is 0 Å². The highest BCUT2D eigenvalue weighted by molar-refractivity contribution is 7.99. The van der Waals surface area contributed by atoms with E-state index in [0.29, 0.717) is 18.0 Å². The lowest BCUT2D eigenvalue weighted by Crippen LogP contribution is -2.18. The molecule has 108 valence electrons. The Balaban J connectivity index is 2.36. The number of nitrogens with one attached hydrogen (secondary N) is 1. The molecule has 0 fully saturated rings. The maximum absolute atomic E-state index is 13.8. The first kappa shape index (κ1) is 16.4. The van der Waals surface area contributed by atoms with Crippen molar-refractivity contribution in [3.05, 3.63) is 29.6 Å². The monoisotopic (exact) mass is 287 g/mol. The summed E-state index contributed by atoms with van der Waals surface area (Å²) in [5, 5.41) is 3.19. The predicted octanol–water partition coefficient (Wildman–Crippen LogP) is 2.69. The molecule has 5 heteroatoms. The van der Waals surface area contributed by atoms with Gasteiger partial charge >= 0.3 is 0 Å². The van der Waals surface area contributed by atoms with Gasteiger partial charge in [0.15, 0.2) is 0 Å². The second-order valence-electron chi connectivity index (χ2n) is 4.13. The van der Waals surface area contributed by atoms with Gasteiger partial charge in [-0.05, 0) is 24.1 Å². The van der Waals surface area contributed by atoms with Gasteiger partial charge in [-0.2, -0.15) is 0 Å². The largest absolute Gasteiger partial charge is 0.385 e. The Morgan fingerprint density at radius 1 is 1.21 bits per heavy atom. The molecule has 0 aromatic heterocycles. The number of thioether (sulfide) groups is 1. The Kier molecular flexibility index (Phi) is 8.82. The van der Waals surface area contributed by atoms with E-state index < -0.39 is 0 Å². The van der Waals surface area contributed by atoms with Crippen molar-refractivity contribution in [3.63, 3.8) is 0 Å². The van der Waals surface area contributed by atoms with Crippen molar-refractivity contribution in [3.8, 4) is 0 Å². The van der Waals surface area contributed by atoms with Crippen molar-refractivity contribution in [2.24, 2.45) is 0 Å². The molecule has 19 heavy (non-hydrogen) atoms. The van der Waals surface area contributed by atoms with Crippen molar-refractivity contribution in [1.82, 2.24) is 5.32 Å². The van der Waals surface area contributed by atoms with Crippen LogP contribution < -0.4 is 5.32 Å². The summed E-state index contributed by atoms with van der Waals surface area (Å²) in [5.74, 6) is 0.726. The fourth-order valence-electron chi connectivity index (χ4n) is 1.56. The molecule has 3 nitrogen and oxygen atoms in total. The minimum absolute atomic E-state index is 0.145. The summed E-state index contributed by atoms with van der Waals surface area (Å²) >= 11 is 1.53. The summed E-state index contributed by atoms with van der Waals surface area (Å²) in [7, 11) is 3.34. The molecule has 0 amide bonds. The maximum Gasteiger partial charge on any atom is 0.137 e. The van der Waals surface area contributed by atoms with Crippen LogP contribution in [0.3, 0.4) is 0 Å².